The molecule has 5 heteroatoms. The summed E-state index contributed by atoms with van der Waals surface area (Å²) in [5, 5.41) is 9.19. The van der Waals surface area contributed by atoms with Gasteiger partial charge in [0.25, 0.3) is 5.91 Å². The molecule has 0 aliphatic heterocycles. The monoisotopic (exact) mass is 247 g/mol. The zero-order valence-corrected chi connectivity index (χ0v) is 10.3. The normalized spacial score (nSPS) is 10.2. The van der Waals surface area contributed by atoms with Gasteiger partial charge in [-0.25, -0.2) is 0 Å². The summed E-state index contributed by atoms with van der Waals surface area (Å²) in [5.74, 6) is 0.793. The Hall–Kier alpha value is -1.75. The first-order valence-electron chi connectivity index (χ1n) is 5.17. The highest BCUT2D eigenvalue weighted by molar-refractivity contribution is 7.97. The number of carbonyl (C=O) groups excluding carboxylic acids is 1. The molecule has 1 aromatic carbocycles. The lowest BCUT2D eigenvalue weighted by Crippen LogP contribution is -2.11. The lowest BCUT2D eigenvalue weighted by atomic mass is 10.1. The third-order valence-electron chi connectivity index (χ3n) is 2.26. The molecule has 0 saturated carbocycles. The van der Waals surface area contributed by atoms with Gasteiger partial charge in [-0.05, 0) is 24.0 Å². The Labute approximate surface area is 104 Å². The topological polar surface area (TPSA) is 57.8 Å². The third-order valence-corrected chi connectivity index (χ3v) is 2.88. The SMILES string of the molecule is CSCc1cccc(C(=O)Nc2cn[nH]c2)c1. The standard InChI is InChI=1S/C12H13N3OS/c1-17-8-9-3-2-4-10(5-9)12(16)15-11-6-13-14-7-11/h2-7H,8H2,1H3,(H,13,14)(H,15,16). The quantitative estimate of drug-likeness (QED) is 0.872. The van der Waals surface area contributed by atoms with Gasteiger partial charge in [0.15, 0.2) is 0 Å². The molecule has 0 radical (unpaired) electrons. The molecule has 1 heterocycles. The van der Waals surface area contributed by atoms with E-state index in [1.807, 2.05) is 24.5 Å². The molecule has 0 bridgehead atoms. The van der Waals surface area contributed by atoms with Gasteiger partial charge in [-0.15, -0.1) is 0 Å². The number of benzene rings is 1. The second kappa shape index (κ2) is 5.54. The van der Waals surface area contributed by atoms with E-state index in [0.717, 1.165) is 11.3 Å². The maximum Gasteiger partial charge on any atom is 0.255 e. The number of hydrogen-bond acceptors (Lipinski definition) is 3. The zero-order valence-electron chi connectivity index (χ0n) is 9.43. The first-order valence-corrected chi connectivity index (χ1v) is 6.57. The van der Waals surface area contributed by atoms with Crippen molar-refractivity contribution in [2.45, 2.75) is 5.75 Å². The number of aromatic amines is 1. The molecule has 2 aromatic rings. The summed E-state index contributed by atoms with van der Waals surface area (Å²) < 4.78 is 0. The third kappa shape index (κ3) is 3.10. The Morgan fingerprint density at radius 3 is 3.12 bits per heavy atom. The number of aromatic nitrogens is 2. The molecule has 0 atom stereocenters. The van der Waals surface area contributed by atoms with Crippen LogP contribution in [-0.2, 0) is 5.75 Å². The van der Waals surface area contributed by atoms with Crippen LogP contribution in [-0.4, -0.2) is 22.4 Å². The van der Waals surface area contributed by atoms with Crippen LogP contribution in [0.2, 0.25) is 0 Å². The van der Waals surface area contributed by atoms with Crippen molar-refractivity contribution in [1.82, 2.24) is 10.2 Å². The molecule has 0 aliphatic rings. The van der Waals surface area contributed by atoms with Gasteiger partial charge in [0.2, 0.25) is 0 Å². The number of nitrogens with zero attached hydrogens (tertiary/aromatic N) is 1. The molecule has 88 valence electrons. The van der Waals surface area contributed by atoms with Crippen LogP contribution in [0.1, 0.15) is 15.9 Å². The molecule has 0 aliphatic carbocycles. The van der Waals surface area contributed by atoms with Gasteiger partial charge < -0.3 is 5.32 Å². The van der Waals surface area contributed by atoms with Crippen molar-refractivity contribution < 1.29 is 4.79 Å². The Morgan fingerprint density at radius 2 is 2.41 bits per heavy atom. The molecule has 2 rings (SSSR count). The maximum atomic E-state index is 11.9. The first-order chi connectivity index (χ1) is 8.29. The van der Waals surface area contributed by atoms with E-state index in [0.29, 0.717) is 11.3 Å². The van der Waals surface area contributed by atoms with E-state index >= 15 is 0 Å². The number of thioether (sulfide) groups is 1. The molecule has 0 fully saturated rings. The Balaban J connectivity index is 2.11. The van der Waals surface area contributed by atoms with Crippen molar-refractivity contribution in [1.29, 1.82) is 0 Å². The molecule has 0 unspecified atom stereocenters. The summed E-state index contributed by atoms with van der Waals surface area (Å²) in [7, 11) is 0. The summed E-state index contributed by atoms with van der Waals surface area (Å²) >= 11 is 1.73. The number of hydrogen-bond donors (Lipinski definition) is 2. The van der Waals surface area contributed by atoms with Crippen LogP contribution in [0, 0.1) is 0 Å². The number of anilines is 1. The Bertz CT molecular complexity index is 496. The fraction of sp³-hybridized carbons (Fsp3) is 0.167. The second-order valence-electron chi connectivity index (χ2n) is 3.57. The maximum absolute atomic E-state index is 11.9. The van der Waals surface area contributed by atoms with Crippen molar-refractivity contribution in [3.05, 3.63) is 47.8 Å². The Morgan fingerprint density at radius 1 is 1.53 bits per heavy atom. The van der Waals surface area contributed by atoms with Gasteiger partial charge in [0, 0.05) is 17.5 Å². The highest BCUT2D eigenvalue weighted by Gasteiger charge is 2.06. The largest absolute Gasteiger partial charge is 0.319 e. The molecular formula is C12H13N3OS. The van der Waals surface area contributed by atoms with Crippen molar-refractivity contribution in [3.8, 4) is 0 Å². The van der Waals surface area contributed by atoms with Gasteiger partial charge in [-0.2, -0.15) is 16.9 Å². The first kappa shape index (κ1) is 11.7. The van der Waals surface area contributed by atoms with Crippen LogP contribution in [0.25, 0.3) is 0 Å². The molecule has 4 nitrogen and oxygen atoms in total. The summed E-state index contributed by atoms with van der Waals surface area (Å²) in [6, 6.07) is 7.63. The van der Waals surface area contributed by atoms with Crippen LogP contribution >= 0.6 is 11.8 Å². The van der Waals surface area contributed by atoms with Crippen LogP contribution in [0.15, 0.2) is 36.7 Å². The van der Waals surface area contributed by atoms with Gasteiger partial charge in [0.05, 0.1) is 11.9 Å². The van der Waals surface area contributed by atoms with Gasteiger partial charge in [-0.1, -0.05) is 12.1 Å². The lowest BCUT2D eigenvalue weighted by molar-refractivity contribution is 0.102. The summed E-state index contributed by atoms with van der Waals surface area (Å²) in [6.07, 6.45) is 5.26. The van der Waals surface area contributed by atoms with E-state index < -0.39 is 0 Å². The number of amides is 1. The van der Waals surface area contributed by atoms with E-state index in [9.17, 15) is 4.79 Å². The van der Waals surface area contributed by atoms with E-state index in [1.54, 1.807) is 30.2 Å². The highest BCUT2D eigenvalue weighted by atomic mass is 32.2. The molecule has 0 spiro atoms. The fourth-order valence-corrected chi connectivity index (χ4v) is 2.00. The number of nitrogens with one attached hydrogen (secondary N) is 2. The molecule has 0 saturated heterocycles. The minimum atomic E-state index is -0.116. The van der Waals surface area contributed by atoms with Crippen LogP contribution in [0.3, 0.4) is 0 Å². The minimum absolute atomic E-state index is 0.116. The number of rotatable bonds is 4. The number of H-pyrrole nitrogens is 1. The predicted octanol–water partition coefficient (Wildman–Crippen LogP) is 2.53. The average Bonchev–Trinajstić information content (AvgIpc) is 2.83. The van der Waals surface area contributed by atoms with Crippen molar-refractivity contribution in [2.24, 2.45) is 0 Å². The lowest BCUT2D eigenvalue weighted by Gasteiger charge is -2.04. The van der Waals surface area contributed by atoms with Crippen LogP contribution in [0.4, 0.5) is 5.69 Å². The molecule has 1 amide bonds. The van der Waals surface area contributed by atoms with E-state index in [1.165, 1.54) is 0 Å². The van der Waals surface area contributed by atoms with Gasteiger partial charge in [0.1, 0.15) is 0 Å². The van der Waals surface area contributed by atoms with E-state index in [2.05, 4.69) is 15.5 Å². The summed E-state index contributed by atoms with van der Waals surface area (Å²) in [5.41, 5.74) is 2.49. The van der Waals surface area contributed by atoms with E-state index in [4.69, 9.17) is 0 Å². The van der Waals surface area contributed by atoms with Gasteiger partial charge >= 0.3 is 0 Å². The van der Waals surface area contributed by atoms with Gasteiger partial charge in [-0.3, -0.25) is 9.89 Å². The predicted molar refractivity (Wildman–Crippen MR) is 70.2 cm³/mol. The highest BCUT2D eigenvalue weighted by Crippen LogP contribution is 2.13. The zero-order chi connectivity index (χ0) is 12.1. The Kier molecular flexibility index (Phi) is 3.82. The summed E-state index contributed by atoms with van der Waals surface area (Å²) in [4.78, 5) is 11.9. The molecular weight excluding hydrogens is 234 g/mol. The average molecular weight is 247 g/mol. The van der Waals surface area contributed by atoms with Crippen LogP contribution < -0.4 is 5.32 Å². The van der Waals surface area contributed by atoms with Crippen molar-refractivity contribution in [3.63, 3.8) is 0 Å². The number of carbonyl (C=O) groups is 1. The van der Waals surface area contributed by atoms with Crippen molar-refractivity contribution >= 4 is 23.4 Å². The smallest absolute Gasteiger partial charge is 0.255 e. The van der Waals surface area contributed by atoms with E-state index in [-0.39, 0.29) is 5.91 Å². The molecule has 1 aromatic heterocycles. The minimum Gasteiger partial charge on any atom is -0.319 e. The van der Waals surface area contributed by atoms with Crippen LogP contribution in [0.5, 0.6) is 0 Å². The van der Waals surface area contributed by atoms with Crippen molar-refractivity contribution in [2.75, 3.05) is 11.6 Å². The molecule has 2 N–H and O–H groups in total. The second-order valence-corrected chi connectivity index (χ2v) is 4.44. The fourth-order valence-electron chi connectivity index (χ4n) is 1.49. The summed E-state index contributed by atoms with van der Waals surface area (Å²) in [6.45, 7) is 0. The molecule has 17 heavy (non-hydrogen) atoms.